The summed E-state index contributed by atoms with van der Waals surface area (Å²) in [5.41, 5.74) is 0.756. The molecule has 2 nitrogen and oxygen atoms in total. The fraction of sp³-hybridized carbons (Fsp3) is 1.00. The Morgan fingerprint density at radius 3 is 2.17 bits per heavy atom. The van der Waals surface area contributed by atoms with Crippen molar-refractivity contribution in [3.63, 3.8) is 0 Å². The minimum absolute atomic E-state index is 0.326. The predicted molar refractivity (Wildman–Crippen MR) is 49.0 cm³/mol. The third-order valence-corrected chi connectivity index (χ3v) is 3.75. The van der Waals surface area contributed by atoms with Crippen LogP contribution in [0.5, 0.6) is 0 Å². The van der Waals surface area contributed by atoms with Gasteiger partial charge in [-0.15, -0.1) is 0 Å². The molecule has 2 rings (SSSR count). The maximum atomic E-state index is 8.78. The summed E-state index contributed by atoms with van der Waals surface area (Å²) in [6, 6.07) is 0. The van der Waals surface area contributed by atoms with Crippen molar-refractivity contribution in [3.05, 3.63) is 0 Å². The molecule has 12 heavy (non-hydrogen) atoms. The second kappa shape index (κ2) is 3.35. The molecule has 0 aromatic rings. The molecule has 1 saturated carbocycles. The quantitative estimate of drug-likeness (QED) is 0.672. The number of piperidine rings is 1. The minimum atomic E-state index is 0.326. The number of nitrogens with zero attached hydrogens (tertiary/aromatic N) is 1. The summed E-state index contributed by atoms with van der Waals surface area (Å²) < 4.78 is 0. The molecule has 1 spiro atoms. The smallest absolute Gasteiger partial charge is 0.0558 e. The topological polar surface area (TPSA) is 23.5 Å². The van der Waals surface area contributed by atoms with Crippen LogP contribution in [-0.4, -0.2) is 36.2 Å². The van der Waals surface area contributed by atoms with Crippen molar-refractivity contribution >= 4 is 0 Å². The summed E-state index contributed by atoms with van der Waals surface area (Å²) in [5, 5.41) is 8.78. The largest absolute Gasteiger partial charge is 0.395 e. The molecule has 0 bridgehead atoms. The van der Waals surface area contributed by atoms with E-state index in [2.05, 4.69) is 4.90 Å². The van der Waals surface area contributed by atoms with E-state index in [0.29, 0.717) is 6.61 Å². The Balaban J connectivity index is 1.77. The van der Waals surface area contributed by atoms with Crippen molar-refractivity contribution in [2.45, 2.75) is 32.1 Å². The summed E-state index contributed by atoms with van der Waals surface area (Å²) in [5.74, 6) is 0. The van der Waals surface area contributed by atoms with Crippen LogP contribution in [0.25, 0.3) is 0 Å². The highest BCUT2D eigenvalue weighted by Gasteiger charge is 2.39. The molecule has 2 heteroatoms. The molecule has 1 aliphatic heterocycles. The lowest BCUT2D eigenvalue weighted by molar-refractivity contribution is 0.0276. The zero-order valence-electron chi connectivity index (χ0n) is 7.76. The third-order valence-electron chi connectivity index (χ3n) is 3.75. The van der Waals surface area contributed by atoms with Crippen molar-refractivity contribution < 1.29 is 5.11 Å². The van der Waals surface area contributed by atoms with Gasteiger partial charge in [-0.05, 0) is 44.2 Å². The maximum absolute atomic E-state index is 8.78. The van der Waals surface area contributed by atoms with Gasteiger partial charge in [0.25, 0.3) is 0 Å². The SMILES string of the molecule is OCCN1CCC2(CCC2)CC1. The van der Waals surface area contributed by atoms with Gasteiger partial charge in [0.05, 0.1) is 6.61 Å². The molecule has 0 amide bonds. The molecule has 2 aliphatic rings. The number of likely N-dealkylation sites (tertiary alicyclic amines) is 1. The van der Waals surface area contributed by atoms with Crippen LogP contribution < -0.4 is 0 Å². The van der Waals surface area contributed by atoms with E-state index in [-0.39, 0.29) is 0 Å². The van der Waals surface area contributed by atoms with Crippen LogP contribution in [0, 0.1) is 5.41 Å². The molecule has 70 valence electrons. The molecule has 0 aromatic heterocycles. The van der Waals surface area contributed by atoms with Crippen LogP contribution in [0.3, 0.4) is 0 Å². The van der Waals surface area contributed by atoms with Crippen LogP contribution in [0.4, 0.5) is 0 Å². The second-order valence-corrected chi connectivity index (χ2v) is 4.42. The van der Waals surface area contributed by atoms with Gasteiger partial charge >= 0.3 is 0 Å². The number of hydrogen-bond acceptors (Lipinski definition) is 2. The van der Waals surface area contributed by atoms with Gasteiger partial charge in [-0.25, -0.2) is 0 Å². The van der Waals surface area contributed by atoms with Crippen molar-refractivity contribution in [1.82, 2.24) is 4.90 Å². The van der Waals surface area contributed by atoms with Gasteiger partial charge in [-0.3, -0.25) is 0 Å². The molecule has 0 aromatic carbocycles. The monoisotopic (exact) mass is 169 g/mol. The second-order valence-electron chi connectivity index (χ2n) is 4.42. The fourth-order valence-corrected chi connectivity index (χ4v) is 2.57. The van der Waals surface area contributed by atoms with Gasteiger partial charge in [-0.2, -0.15) is 0 Å². The molecular formula is C10H19NO. The van der Waals surface area contributed by atoms with Crippen LogP contribution >= 0.6 is 0 Å². The Morgan fingerprint density at radius 2 is 1.75 bits per heavy atom. The Morgan fingerprint density at radius 1 is 1.08 bits per heavy atom. The van der Waals surface area contributed by atoms with Crippen LogP contribution in [0.15, 0.2) is 0 Å². The Kier molecular flexibility index (Phi) is 2.37. The molecular weight excluding hydrogens is 150 g/mol. The van der Waals surface area contributed by atoms with Crippen molar-refractivity contribution in [2.75, 3.05) is 26.2 Å². The molecule has 1 N–H and O–H groups in total. The molecule has 2 fully saturated rings. The predicted octanol–water partition coefficient (Wildman–Crippen LogP) is 1.24. The van der Waals surface area contributed by atoms with E-state index in [4.69, 9.17) is 5.11 Å². The van der Waals surface area contributed by atoms with Crippen molar-refractivity contribution in [1.29, 1.82) is 0 Å². The van der Waals surface area contributed by atoms with Gasteiger partial charge < -0.3 is 10.0 Å². The van der Waals surface area contributed by atoms with E-state index >= 15 is 0 Å². The van der Waals surface area contributed by atoms with E-state index in [0.717, 1.165) is 12.0 Å². The third kappa shape index (κ3) is 1.50. The van der Waals surface area contributed by atoms with E-state index < -0.39 is 0 Å². The lowest BCUT2D eigenvalue weighted by atomic mass is 9.63. The average molecular weight is 169 g/mol. The first kappa shape index (κ1) is 8.52. The molecule has 1 aliphatic carbocycles. The lowest BCUT2D eigenvalue weighted by Crippen LogP contribution is -2.44. The summed E-state index contributed by atoms with van der Waals surface area (Å²) in [4.78, 5) is 2.39. The zero-order chi connectivity index (χ0) is 8.44. The van der Waals surface area contributed by atoms with E-state index in [1.165, 1.54) is 45.2 Å². The van der Waals surface area contributed by atoms with Crippen LogP contribution in [-0.2, 0) is 0 Å². The minimum Gasteiger partial charge on any atom is -0.395 e. The number of aliphatic hydroxyl groups is 1. The van der Waals surface area contributed by atoms with Crippen LogP contribution in [0.2, 0.25) is 0 Å². The molecule has 1 saturated heterocycles. The van der Waals surface area contributed by atoms with Gasteiger partial charge in [0, 0.05) is 6.54 Å². The molecule has 0 radical (unpaired) electrons. The summed E-state index contributed by atoms with van der Waals surface area (Å²) >= 11 is 0. The maximum Gasteiger partial charge on any atom is 0.0558 e. The van der Waals surface area contributed by atoms with Crippen LogP contribution in [0.1, 0.15) is 32.1 Å². The number of β-amino-alcohol motifs (C(OH)–C–C–N with tert-alkyl or cyclic N) is 1. The number of hydrogen-bond donors (Lipinski definition) is 1. The fourth-order valence-electron chi connectivity index (χ4n) is 2.57. The van der Waals surface area contributed by atoms with E-state index in [1.807, 2.05) is 0 Å². The summed E-state index contributed by atoms with van der Waals surface area (Å²) in [7, 11) is 0. The van der Waals surface area contributed by atoms with Gasteiger partial charge in [-0.1, -0.05) is 6.42 Å². The van der Waals surface area contributed by atoms with Gasteiger partial charge in [0.2, 0.25) is 0 Å². The Labute approximate surface area is 74.6 Å². The van der Waals surface area contributed by atoms with Gasteiger partial charge in [0.15, 0.2) is 0 Å². The normalized spacial score (nSPS) is 28.8. The first-order chi connectivity index (χ1) is 5.85. The molecule has 0 atom stereocenters. The average Bonchev–Trinajstić information content (AvgIpc) is 2.04. The highest BCUT2D eigenvalue weighted by molar-refractivity contribution is 4.91. The first-order valence-corrected chi connectivity index (χ1v) is 5.18. The number of aliphatic hydroxyl groups excluding tert-OH is 1. The highest BCUT2D eigenvalue weighted by atomic mass is 16.3. The number of rotatable bonds is 2. The van der Waals surface area contributed by atoms with Crippen molar-refractivity contribution in [2.24, 2.45) is 5.41 Å². The van der Waals surface area contributed by atoms with E-state index in [1.54, 1.807) is 0 Å². The first-order valence-electron chi connectivity index (χ1n) is 5.18. The van der Waals surface area contributed by atoms with E-state index in [9.17, 15) is 0 Å². The van der Waals surface area contributed by atoms with Gasteiger partial charge in [0.1, 0.15) is 0 Å². The van der Waals surface area contributed by atoms with Crippen molar-refractivity contribution in [3.8, 4) is 0 Å². The lowest BCUT2D eigenvalue weighted by Gasteiger charge is -2.48. The summed E-state index contributed by atoms with van der Waals surface area (Å²) in [6.45, 7) is 3.66. The summed E-state index contributed by atoms with van der Waals surface area (Å²) in [6.07, 6.45) is 7.17. The standard InChI is InChI=1S/C10H19NO/c12-9-8-11-6-4-10(5-7-11)2-1-3-10/h12H,1-9H2. The Hall–Kier alpha value is -0.0800. The zero-order valence-corrected chi connectivity index (χ0v) is 7.76. The highest BCUT2D eigenvalue weighted by Crippen LogP contribution is 2.48. The molecule has 0 unspecified atom stereocenters. The Bertz CT molecular complexity index is 144. The molecule has 1 heterocycles.